The number of hydrogen-bond donors (Lipinski definition) is 2. The molecule has 0 spiro atoms. The smallest absolute Gasteiger partial charge is 0.244 e. The van der Waals surface area contributed by atoms with Crippen molar-refractivity contribution >= 4 is 50.6 Å². The Bertz CT molecular complexity index is 672. The zero-order valence-corrected chi connectivity index (χ0v) is 14.6. The molecule has 6 heteroatoms. The lowest BCUT2D eigenvalue weighted by molar-refractivity contribution is -0.120. The van der Waals surface area contributed by atoms with Crippen LogP contribution in [0.3, 0.4) is 0 Å². The normalized spacial score (nSPS) is 10.8. The molecule has 0 fully saturated rings. The van der Waals surface area contributed by atoms with Crippen LogP contribution in [0.4, 0.5) is 0 Å². The van der Waals surface area contributed by atoms with E-state index in [2.05, 4.69) is 26.5 Å². The van der Waals surface area contributed by atoms with Gasteiger partial charge >= 0.3 is 0 Å². The number of hydrogen-bond acceptors (Lipinski definition) is 3. The predicted octanol–water partition coefficient (Wildman–Crippen LogP) is 3.45. The highest BCUT2D eigenvalue weighted by molar-refractivity contribution is 14.1. The summed E-state index contributed by atoms with van der Waals surface area (Å²) >= 11 is 5.38. The van der Waals surface area contributed by atoms with Gasteiger partial charge in [-0.3, -0.25) is 4.79 Å². The van der Waals surface area contributed by atoms with E-state index in [0.29, 0.717) is 0 Å². The second kappa shape index (κ2) is 7.56. The van der Waals surface area contributed by atoms with Crippen molar-refractivity contribution in [3.8, 4) is 5.75 Å². The lowest BCUT2D eigenvalue weighted by Crippen LogP contribution is -2.19. The first-order chi connectivity index (χ1) is 10.0. The number of halogens is 2. The Morgan fingerprint density at radius 1 is 1.29 bits per heavy atom. The molecule has 21 heavy (non-hydrogen) atoms. The molecule has 0 saturated heterocycles. The van der Waals surface area contributed by atoms with Gasteiger partial charge in [-0.15, -0.1) is 0 Å². The topological polar surface area (TPSA) is 61.7 Å². The number of hydrazone groups is 1. The summed E-state index contributed by atoms with van der Waals surface area (Å²) in [6, 6.07) is 12.6. The van der Waals surface area contributed by atoms with Gasteiger partial charge in [-0.05, 0) is 64.0 Å². The van der Waals surface area contributed by atoms with Crippen molar-refractivity contribution < 1.29 is 9.90 Å². The molecule has 0 aliphatic rings. The molecule has 0 saturated carbocycles. The second-order valence-corrected chi connectivity index (χ2v) is 6.39. The summed E-state index contributed by atoms with van der Waals surface area (Å²) < 4.78 is 1.71. The summed E-state index contributed by atoms with van der Waals surface area (Å²) in [7, 11) is 0. The maximum absolute atomic E-state index is 11.7. The highest BCUT2D eigenvalue weighted by Gasteiger charge is 2.02. The molecule has 0 aliphatic carbocycles. The van der Waals surface area contributed by atoms with Crippen LogP contribution in [0.15, 0.2) is 52.0 Å². The number of nitrogens with one attached hydrogen (secondary N) is 1. The number of phenolic OH excluding ortho intramolecular Hbond substituents is 1. The van der Waals surface area contributed by atoms with Crippen molar-refractivity contribution in [3.63, 3.8) is 0 Å². The molecule has 2 N–H and O–H groups in total. The third-order valence-electron chi connectivity index (χ3n) is 2.65. The van der Waals surface area contributed by atoms with Gasteiger partial charge in [-0.25, -0.2) is 5.43 Å². The minimum atomic E-state index is -0.179. The molecule has 2 aromatic rings. The van der Waals surface area contributed by atoms with Crippen LogP contribution in [0, 0.1) is 3.57 Å². The number of amides is 1. The third kappa shape index (κ3) is 5.13. The fourth-order valence-corrected chi connectivity index (χ4v) is 2.41. The van der Waals surface area contributed by atoms with Crippen molar-refractivity contribution in [2.75, 3.05) is 0 Å². The van der Waals surface area contributed by atoms with Crippen molar-refractivity contribution in [1.82, 2.24) is 5.43 Å². The molecule has 2 aromatic carbocycles. The van der Waals surface area contributed by atoms with Crippen molar-refractivity contribution in [2.24, 2.45) is 5.10 Å². The van der Waals surface area contributed by atoms with E-state index in [1.165, 1.54) is 0 Å². The summed E-state index contributed by atoms with van der Waals surface area (Å²) in [6.45, 7) is 0. The van der Waals surface area contributed by atoms with Crippen molar-refractivity contribution in [3.05, 3.63) is 61.6 Å². The number of nitrogens with zero attached hydrogens (tertiary/aromatic N) is 1. The van der Waals surface area contributed by atoms with Gasteiger partial charge in [-0.2, -0.15) is 5.10 Å². The van der Waals surface area contributed by atoms with Crippen LogP contribution in [-0.2, 0) is 11.2 Å². The Labute approximate surface area is 144 Å². The standard InChI is InChI=1S/C15H12BrIN2O2/c16-12-4-1-10(2-5-12)8-15(21)19-18-9-11-3-6-14(20)13(17)7-11/h1-7,9,20H,8H2,(H,19,21)/b18-9-. The summed E-state index contributed by atoms with van der Waals surface area (Å²) in [5.74, 6) is 0.0501. The number of aromatic hydroxyl groups is 1. The number of benzene rings is 2. The van der Waals surface area contributed by atoms with E-state index < -0.39 is 0 Å². The first-order valence-corrected chi connectivity index (χ1v) is 7.96. The minimum absolute atomic E-state index is 0.179. The molecule has 0 unspecified atom stereocenters. The molecule has 0 radical (unpaired) electrons. The molecule has 2 rings (SSSR count). The fourth-order valence-electron chi connectivity index (χ4n) is 1.61. The fraction of sp³-hybridized carbons (Fsp3) is 0.0667. The highest BCUT2D eigenvalue weighted by atomic mass is 127. The molecule has 4 nitrogen and oxygen atoms in total. The van der Waals surface area contributed by atoms with E-state index in [1.54, 1.807) is 24.4 Å². The average Bonchev–Trinajstić information content (AvgIpc) is 2.45. The van der Waals surface area contributed by atoms with Gasteiger partial charge in [-0.1, -0.05) is 28.1 Å². The van der Waals surface area contributed by atoms with Gasteiger partial charge in [0.2, 0.25) is 5.91 Å². The number of phenols is 1. The Morgan fingerprint density at radius 3 is 2.67 bits per heavy atom. The molecule has 0 aliphatic heterocycles. The molecule has 1 amide bonds. The Balaban J connectivity index is 1.89. The van der Waals surface area contributed by atoms with Gasteiger partial charge in [0, 0.05) is 4.47 Å². The Hall–Kier alpha value is -1.41. The van der Waals surface area contributed by atoms with E-state index >= 15 is 0 Å². The zero-order chi connectivity index (χ0) is 15.2. The van der Waals surface area contributed by atoms with E-state index in [9.17, 15) is 9.90 Å². The van der Waals surface area contributed by atoms with E-state index in [4.69, 9.17) is 0 Å². The SMILES string of the molecule is O=C(Cc1ccc(Br)cc1)N/N=C\c1ccc(O)c(I)c1. The van der Waals surface area contributed by atoms with Gasteiger partial charge < -0.3 is 5.11 Å². The molecular formula is C15H12BrIN2O2. The zero-order valence-electron chi connectivity index (χ0n) is 10.9. The quantitative estimate of drug-likeness (QED) is 0.418. The maximum atomic E-state index is 11.7. The second-order valence-electron chi connectivity index (χ2n) is 4.31. The Morgan fingerprint density at radius 2 is 2.00 bits per heavy atom. The average molecular weight is 459 g/mol. The lowest BCUT2D eigenvalue weighted by atomic mass is 10.1. The maximum Gasteiger partial charge on any atom is 0.244 e. The highest BCUT2D eigenvalue weighted by Crippen LogP contribution is 2.19. The van der Waals surface area contributed by atoms with Crippen molar-refractivity contribution in [1.29, 1.82) is 0 Å². The van der Waals surface area contributed by atoms with Crippen LogP contribution in [0.1, 0.15) is 11.1 Å². The largest absolute Gasteiger partial charge is 0.507 e. The summed E-state index contributed by atoms with van der Waals surface area (Å²) in [6.07, 6.45) is 1.82. The molecular weight excluding hydrogens is 447 g/mol. The van der Waals surface area contributed by atoms with E-state index in [0.717, 1.165) is 19.2 Å². The van der Waals surface area contributed by atoms with Gasteiger partial charge in [0.1, 0.15) is 5.75 Å². The monoisotopic (exact) mass is 458 g/mol. The molecule has 0 bridgehead atoms. The summed E-state index contributed by atoms with van der Waals surface area (Å²) in [4.78, 5) is 11.7. The lowest BCUT2D eigenvalue weighted by Gasteiger charge is -2.01. The molecule has 0 heterocycles. The summed E-state index contributed by atoms with van der Waals surface area (Å²) in [5.41, 5.74) is 4.21. The number of rotatable bonds is 4. The minimum Gasteiger partial charge on any atom is -0.507 e. The first-order valence-electron chi connectivity index (χ1n) is 6.09. The van der Waals surface area contributed by atoms with Crippen LogP contribution < -0.4 is 5.43 Å². The predicted molar refractivity (Wildman–Crippen MR) is 94.4 cm³/mol. The van der Waals surface area contributed by atoms with Gasteiger partial charge in [0.25, 0.3) is 0 Å². The van der Waals surface area contributed by atoms with Crippen molar-refractivity contribution in [2.45, 2.75) is 6.42 Å². The molecule has 0 aromatic heterocycles. The third-order valence-corrected chi connectivity index (χ3v) is 4.05. The van der Waals surface area contributed by atoms with Crippen LogP contribution in [-0.4, -0.2) is 17.2 Å². The number of carbonyl (C=O) groups excluding carboxylic acids is 1. The van der Waals surface area contributed by atoms with Crippen LogP contribution in [0.25, 0.3) is 0 Å². The van der Waals surface area contributed by atoms with E-state index in [-0.39, 0.29) is 18.1 Å². The van der Waals surface area contributed by atoms with Gasteiger partial charge in [0.05, 0.1) is 16.2 Å². The molecule has 0 atom stereocenters. The van der Waals surface area contributed by atoms with Crippen LogP contribution >= 0.6 is 38.5 Å². The van der Waals surface area contributed by atoms with Crippen LogP contribution in [0.5, 0.6) is 5.75 Å². The Kier molecular flexibility index (Phi) is 5.75. The molecule has 108 valence electrons. The van der Waals surface area contributed by atoms with E-state index in [1.807, 2.05) is 46.9 Å². The van der Waals surface area contributed by atoms with Crippen LogP contribution in [0.2, 0.25) is 0 Å². The number of carbonyl (C=O) groups is 1. The first kappa shape index (κ1) is 16.0. The van der Waals surface area contributed by atoms with Gasteiger partial charge in [0.15, 0.2) is 0 Å². The summed E-state index contributed by atoms with van der Waals surface area (Å²) in [5, 5.41) is 13.3.